The minimum Gasteiger partial charge on any atom is -0.309 e. The van der Waals surface area contributed by atoms with Crippen LogP contribution in [0, 0.1) is 0 Å². The monoisotopic (exact) mass is 723 g/mol. The van der Waals surface area contributed by atoms with Gasteiger partial charge in [0.1, 0.15) is 0 Å². The van der Waals surface area contributed by atoms with Gasteiger partial charge in [-0.25, -0.2) is 0 Å². The highest BCUT2D eigenvalue weighted by Crippen LogP contribution is 2.47. The van der Waals surface area contributed by atoms with Crippen LogP contribution in [0.15, 0.2) is 224 Å². The molecule has 1 aromatic heterocycles. The van der Waals surface area contributed by atoms with Crippen LogP contribution in [0.2, 0.25) is 0 Å². The van der Waals surface area contributed by atoms with E-state index in [0.29, 0.717) is 0 Å². The lowest BCUT2D eigenvalue weighted by Gasteiger charge is -2.21. The molecule has 0 spiro atoms. The van der Waals surface area contributed by atoms with Crippen molar-refractivity contribution in [3.8, 4) is 61.6 Å². The summed E-state index contributed by atoms with van der Waals surface area (Å²) in [5.74, 6) is 0. The molecule has 11 rings (SSSR count). The lowest BCUT2D eigenvalue weighted by atomic mass is 9.83. The highest BCUT2D eigenvalue weighted by atomic mass is 15.0. The molecule has 0 saturated carbocycles. The smallest absolute Gasteiger partial charge is 0.0535 e. The zero-order chi connectivity index (χ0) is 37.7. The van der Waals surface area contributed by atoms with Crippen LogP contribution in [0.4, 0.5) is 0 Å². The molecule has 266 valence electrons. The first-order valence-corrected chi connectivity index (χ1v) is 19.7. The minimum atomic E-state index is 1.12. The standard InChI is InChI=1S/C56H37N/c1-3-17-40(18-4-1)53-35-36-54(41-19-5-2-6-20-41)57(53)44-31-29-42(30-32-44)55-47-26-12-9-21-43(47)37-52-50(48-27-13-22-38-15-7-10-24-45(38)48)33-34-51(56(52)55)49-28-14-23-39-16-8-11-25-46(39)49/h1-37H. The van der Waals surface area contributed by atoms with Gasteiger partial charge in [-0.05, 0) is 118 Å². The Hall–Kier alpha value is -7.48. The molecular formula is C56H37N. The van der Waals surface area contributed by atoms with Gasteiger partial charge < -0.3 is 4.57 Å². The van der Waals surface area contributed by atoms with Gasteiger partial charge in [-0.15, -0.1) is 0 Å². The van der Waals surface area contributed by atoms with E-state index in [1.54, 1.807) is 0 Å². The summed E-state index contributed by atoms with van der Waals surface area (Å²) < 4.78 is 2.40. The van der Waals surface area contributed by atoms with Crippen LogP contribution >= 0.6 is 0 Å². The summed E-state index contributed by atoms with van der Waals surface area (Å²) in [6, 6.07) is 82.1. The molecule has 1 nitrogen and oxygen atoms in total. The second-order valence-electron chi connectivity index (χ2n) is 14.8. The third-order valence-corrected chi connectivity index (χ3v) is 11.6. The number of hydrogen-bond acceptors (Lipinski definition) is 0. The summed E-state index contributed by atoms with van der Waals surface area (Å²) in [4.78, 5) is 0. The lowest BCUT2D eigenvalue weighted by molar-refractivity contribution is 1.10. The molecule has 57 heavy (non-hydrogen) atoms. The normalized spacial score (nSPS) is 11.5. The predicted octanol–water partition coefficient (Wildman–Crippen LogP) is 15.4. The third-order valence-electron chi connectivity index (χ3n) is 11.6. The minimum absolute atomic E-state index is 1.12. The zero-order valence-corrected chi connectivity index (χ0v) is 31.3. The SMILES string of the molecule is c1ccc(-c2ccc(-c3ccccc3)n2-c2ccc(-c3c4ccccc4cc4c(-c5cccc6ccccc56)ccc(-c5cccc6ccccc56)c34)cc2)cc1. The van der Waals surface area contributed by atoms with Crippen molar-refractivity contribution in [2.75, 3.05) is 0 Å². The van der Waals surface area contributed by atoms with E-state index in [1.807, 2.05) is 0 Å². The van der Waals surface area contributed by atoms with Crippen LogP contribution < -0.4 is 0 Å². The number of benzene rings is 10. The van der Waals surface area contributed by atoms with Gasteiger partial charge in [-0.3, -0.25) is 0 Å². The molecule has 0 radical (unpaired) electrons. The molecule has 10 aromatic carbocycles. The van der Waals surface area contributed by atoms with Crippen molar-refractivity contribution in [3.63, 3.8) is 0 Å². The molecular weight excluding hydrogens is 687 g/mol. The molecule has 0 amide bonds. The van der Waals surface area contributed by atoms with E-state index in [1.165, 1.54) is 87.6 Å². The number of aromatic nitrogens is 1. The molecule has 0 aliphatic rings. The van der Waals surface area contributed by atoms with E-state index in [9.17, 15) is 0 Å². The molecule has 0 N–H and O–H groups in total. The Morgan fingerprint density at radius 1 is 0.263 bits per heavy atom. The Bertz CT molecular complexity index is 3190. The van der Waals surface area contributed by atoms with Gasteiger partial charge in [-0.1, -0.05) is 194 Å². The van der Waals surface area contributed by atoms with E-state index in [4.69, 9.17) is 0 Å². The van der Waals surface area contributed by atoms with E-state index in [0.717, 1.165) is 17.1 Å². The Labute approximate surface area is 332 Å². The summed E-state index contributed by atoms with van der Waals surface area (Å²) >= 11 is 0. The van der Waals surface area contributed by atoms with Crippen LogP contribution in [-0.2, 0) is 0 Å². The first-order chi connectivity index (χ1) is 28.3. The molecule has 0 atom stereocenters. The van der Waals surface area contributed by atoms with Gasteiger partial charge in [0.25, 0.3) is 0 Å². The first kappa shape index (κ1) is 32.9. The molecule has 0 bridgehead atoms. The topological polar surface area (TPSA) is 4.93 Å². The van der Waals surface area contributed by atoms with Crippen molar-refractivity contribution in [2.45, 2.75) is 0 Å². The van der Waals surface area contributed by atoms with Crippen LogP contribution in [0.5, 0.6) is 0 Å². The first-order valence-electron chi connectivity index (χ1n) is 19.7. The average molecular weight is 724 g/mol. The van der Waals surface area contributed by atoms with Crippen molar-refractivity contribution in [1.82, 2.24) is 4.57 Å². The highest BCUT2D eigenvalue weighted by molar-refractivity contribution is 6.23. The van der Waals surface area contributed by atoms with Gasteiger partial charge in [0, 0.05) is 5.69 Å². The van der Waals surface area contributed by atoms with E-state index in [2.05, 4.69) is 229 Å². The summed E-state index contributed by atoms with van der Waals surface area (Å²) in [6.45, 7) is 0. The van der Waals surface area contributed by atoms with Crippen molar-refractivity contribution < 1.29 is 0 Å². The number of nitrogens with zero attached hydrogens (tertiary/aromatic N) is 1. The Kier molecular flexibility index (Phi) is 7.89. The maximum absolute atomic E-state index is 2.42. The van der Waals surface area contributed by atoms with E-state index < -0.39 is 0 Å². The third kappa shape index (κ3) is 5.55. The second-order valence-corrected chi connectivity index (χ2v) is 14.8. The van der Waals surface area contributed by atoms with Gasteiger partial charge in [0.05, 0.1) is 11.4 Å². The fraction of sp³-hybridized carbons (Fsp3) is 0. The van der Waals surface area contributed by atoms with E-state index >= 15 is 0 Å². The Morgan fingerprint density at radius 3 is 1.32 bits per heavy atom. The fourth-order valence-corrected chi connectivity index (χ4v) is 9.02. The molecule has 11 aromatic rings. The largest absolute Gasteiger partial charge is 0.309 e. The fourth-order valence-electron chi connectivity index (χ4n) is 9.02. The summed E-state index contributed by atoms with van der Waals surface area (Å²) in [6.07, 6.45) is 0. The highest BCUT2D eigenvalue weighted by Gasteiger charge is 2.20. The van der Waals surface area contributed by atoms with Gasteiger partial charge >= 0.3 is 0 Å². The molecule has 0 saturated heterocycles. The average Bonchev–Trinajstić information content (AvgIpc) is 3.74. The van der Waals surface area contributed by atoms with E-state index in [-0.39, 0.29) is 0 Å². The Morgan fingerprint density at radius 2 is 0.719 bits per heavy atom. The van der Waals surface area contributed by atoms with Crippen molar-refractivity contribution >= 4 is 43.1 Å². The van der Waals surface area contributed by atoms with Crippen molar-refractivity contribution in [1.29, 1.82) is 0 Å². The lowest BCUT2D eigenvalue weighted by Crippen LogP contribution is -1.99. The van der Waals surface area contributed by atoms with Crippen LogP contribution in [-0.4, -0.2) is 4.57 Å². The summed E-state index contributed by atoms with van der Waals surface area (Å²) in [7, 11) is 0. The van der Waals surface area contributed by atoms with Gasteiger partial charge in [0.2, 0.25) is 0 Å². The maximum Gasteiger partial charge on any atom is 0.0535 e. The van der Waals surface area contributed by atoms with Crippen LogP contribution in [0.25, 0.3) is 105 Å². The van der Waals surface area contributed by atoms with Crippen molar-refractivity contribution in [2.24, 2.45) is 0 Å². The zero-order valence-electron chi connectivity index (χ0n) is 31.3. The molecule has 0 aliphatic heterocycles. The molecule has 0 aliphatic carbocycles. The maximum atomic E-state index is 2.42. The van der Waals surface area contributed by atoms with Crippen LogP contribution in [0.1, 0.15) is 0 Å². The molecule has 1 heteroatoms. The summed E-state index contributed by atoms with van der Waals surface area (Å²) in [5.41, 5.74) is 13.2. The van der Waals surface area contributed by atoms with Gasteiger partial charge in [-0.2, -0.15) is 0 Å². The van der Waals surface area contributed by atoms with Gasteiger partial charge in [0.15, 0.2) is 0 Å². The number of fused-ring (bicyclic) bond motifs is 4. The van der Waals surface area contributed by atoms with Crippen LogP contribution in [0.3, 0.4) is 0 Å². The number of hydrogen-bond donors (Lipinski definition) is 0. The summed E-state index contributed by atoms with van der Waals surface area (Å²) in [5, 5.41) is 9.97. The quantitative estimate of drug-likeness (QED) is 0.151. The second kappa shape index (κ2) is 13.7. The molecule has 0 unspecified atom stereocenters. The number of rotatable bonds is 6. The van der Waals surface area contributed by atoms with Crippen molar-refractivity contribution in [3.05, 3.63) is 224 Å². The Balaban J connectivity index is 1.21. The molecule has 1 heterocycles. The molecule has 0 fully saturated rings. The predicted molar refractivity (Wildman–Crippen MR) is 243 cm³/mol.